The molecule has 2 aromatic carbocycles. The number of rotatable bonds is 4. The number of nitrogens with zero attached hydrogens (tertiary/aromatic N) is 3. The molecule has 202 valence electrons. The maximum atomic E-state index is 12.9. The van der Waals surface area contributed by atoms with Gasteiger partial charge in [0.05, 0.1) is 32.1 Å². The Morgan fingerprint density at radius 2 is 1.66 bits per heavy atom. The number of aliphatic hydroxyl groups excluding tert-OH is 1. The van der Waals surface area contributed by atoms with Crippen LogP contribution in [0.15, 0.2) is 46.4 Å². The van der Waals surface area contributed by atoms with Crippen LogP contribution in [0.25, 0.3) is 0 Å². The molecule has 3 atom stereocenters. The summed E-state index contributed by atoms with van der Waals surface area (Å²) in [5, 5.41) is 10.4. The third-order valence-electron chi connectivity index (χ3n) is 8.09. The predicted molar refractivity (Wildman–Crippen MR) is 149 cm³/mol. The molecule has 2 fully saturated rings. The highest BCUT2D eigenvalue weighted by Gasteiger charge is 2.37. The van der Waals surface area contributed by atoms with Gasteiger partial charge in [-0.1, -0.05) is 31.4 Å². The zero-order chi connectivity index (χ0) is 26.6. The summed E-state index contributed by atoms with van der Waals surface area (Å²) < 4.78 is 11.2. The van der Waals surface area contributed by atoms with Crippen molar-refractivity contribution in [2.75, 3.05) is 27.3 Å². The fourth-order valence-corrected chi connectivity index (χ4v) is 5.98. The van der Waals surface area contributed by atoms with Gasteiger partial charge >= 0.3 is 0 Å². The van der Waals surface area contributed by atoms with E-state index in [1.165, 1.54) is 19.3 Å². The zero-order valence-electron chi connectivity index (χ0n) is 22.4. The minimum absolute atomic E-state index is 0.0857. The summed E-state index contributed by atoms with van der Waals surface area (Å²) in [6, 6.07) is 11.5. The van der Waals surface area contributed by atoms with Crippen LogP contribution in [0, 0.1) is 0 Å². The number of nitrogens with two attached hydrogens (primary N) is 1. The predicted octanol–water partition coefficient (Wildman–Crippen LogP) is 4.27. The maximum Gasteiger partial charge on any atom is 0.280 e. The monoisotopic (exact) mass is 518 g/mol. The molecule has 2 aliphatic heterocycles. The number of aliphatic imine (C=N–C) groups is 2. The van der Waals surface area contributed by atoms with Crippen molar-refractivity contribution in [2.24, 2.45) is 15.7 Å². The number of fused-ring (bicyclic) bond motifs is 3. The van der Waals surface area contributed by atoms with Crippen molar-refractivity contribution in [1.82, 2.24) is 4.90 Å². The molecule has 1 saturated carbocycles. The smallest absolute Gasteiger partial charge is 0.280 e. The van der Waals surface area contributed by atoms with Crippen LogP contribution < -0.4 is 15.2 Å². The van der Waals surface area contributed by atoms with Crippen LogP contribution >= 0.6 is 0 Å². The quantitative estimate of drug-likeness (QED) is 0.462. The summed E-state index contributed by atoms with van der Waals surface area (Å²) in [6.07, 6.45) is 7.68. The number of hydrogen-bond donors (Lipinski definition) is 2. The van der Waals surface area contributed by atoms with Gasteiger partial charge in [-0.2, -0.15) is 4.99 Å². The molecule has 5 rings (SSSR count). The molecule has 8 heteroatoms. The molecule has 38 heavy (non-hydrogen) atoms. The maximum absolute atomic E-state index is 12.9. The normalized spacial score (nSPS) is 23.9. The van der Waals surface area contributed by atoms with Crippen molar-refractivity contribution in [3.8, 4) is 11.5 Å². The molecule has 8 nitrogen and oxygen atoms in total. The van der Waals surface area contributed by atoms with E-state index in [0.717, 1.165) is 61.2 Å². The van der Waals surface area contributed by atoms with Crippen molar-refractivity contribution in [3.63, 3.8) is 0 Å². The number of methoxy groups -OCH3 is 2. The van der Waals surface area contributed by atoms with E-state index >= 15 is 0 Å². The standard InChI is InChI=1S/C30H38N4O4/c1-37-26-17-22-23-16-21(35)12-13-25(23)32-28(24(22)18-27(26)38-2)19-8-10-20(11-9-19)29(36)33-30(31)34-14-6-4-3-5-7-15-34/h8-11,17-18,21,23,25,35H,3-7,12-16H2,1-2H3,(H2,31,33,36). The Morgan fingerprint density at radius 3 is 2.34 bits per heavy atom. The van der Waals surface area contributed by atoms with Gasteiger partial charge in [0, 0.05) is 35.7 Å². The molecule has 3 unspecified atom stereocenters. The SMILES string of the molecule is COc1cc2c(cc1OC)C1CC(O)CCC1N=C2c1ccc(C(=O)N=C(N)N2CCCCCCC2)cc1. The topological polar surface area (TPSA) is 110 Å². The molecule has 1 amide bonds. The molecule has 2 aromatic rings. The average Bonchev–Trinajstić information content (AvgIpc) is 2.91. The van der Waals surface area contributed by atoms with Crippen molar-refractivity contribution in [2.45, 2.75) is 69.4 Å². The Morgan fingerprint density at radius 1 is 1.00 bits per heavy atom. The van der Waals surface area contributed by atoms with Gasteiger partial charge in [0.25, 0.3) is 5.91 Å². The van der Waals surface area contributed by atoms with Crippen LogP contribution in [0.5, 0.6) is 11.5 Å². The number of carbonyl (C=O) groups excluding carboxylic acids is 1. The second kappa shape index (κ2) is 11.6. The molecule has 3 N–H and O–H groups in total. The first-order valence-electron chi connectivity index (χ1n) is 13.7. The molecule has 0 spiro atoms. The molecule has 3 aliphatic rings. The minimum Gasteiger partial charge on any atom is -0.493 e. The van der Waals surface area contributed by atoms with Gasteiger partial charge in [-0.25, -0.2) is 0 Å². The average molecular weight is 519 g/mol. The molecule has 2 heterocycles. The van der Waals surface area contributed by atoms with Gasteiger partial charge in [0.15, 0.2) is 17.5 Å². The third kappa shape index (κ3) is 5.41. The molecule has 0 bridgehead atoms. The van der Waals surface area contributed by atoms with E-state index in [1.54, 1.807) is 26.4 Å². The summed E-state index contributed by atoms with van der Waals surface area (Å²) in [4.78, 5) is 24.3. The molecule has 0 aromatic heterocycles. The van der Waals surface area contributed by atoms with Crippen molar-refractivity contribution in [3.05, 3.63) is 58.7 Å². The molecule has 0 radical (unpaired) electrons. The van der Waals surface area contributed by atoms with Crippen molar-refractivity contribution < 1.29 is 19.4 Å². The second-order valence-electron chi connectivity index (χ2n) is 10.5. The summed E-state index contributed by atoms with van der Waals surface area (Å²) in [5.41, 5.74) is 10.6. The molecular weight excluding hydrogens is 480 g/mol. The van der Waals surface area contributed by atoms with E-state index in [-0.39, 0.29) is 24.0 Å². The van der Waals surface area contributed by atoms with E-state index in [4.69, 9.17) is 20.2 Å². The molecule has 1 aliphatic carbocycles. The fourth-order valence-electron chi connectivity index (χ4n) is 5.98. The van der Waals surface area contributed by atoms with Crippen LogP contribution in [0.3, 0.4) is 0 Å². The zero-order valence-corrected chi connectivity index (χ0v) is 22.4. The fraction of sp³-hybridized carbons (Fsp3) is 0.500. The number of hydrogen-bond acceptors (Lipinski definition) is 5. The van der Waals surface area contributed by atoms with Crippen molar-refractivity contribution in [1.29, 1.82) is 0 Å². The summed E-state index contributed by atoms with van der Waals surface area (Å²) in [7, 11) is 3.26. The number of benzene rings is 2. The van der Waals surface area contributed by atoms with Gasteiger partial charge in [0.2, 0.25) is 0 Å². The van der Waals surface area contributed by atoms with Gasteiger partial charge < -0.3 is 25.2 Å². The molecular formula is C30H38N4O4. The Labute approximate surface area is 224 Å². The summed E-state index contributed by atoms with van der Waals surface area (Å²) in [6.45, 7) is 1.68. The van der Waals surface area contributed by atoms with E-state index in [2.05, 4.69) is 4.99 Å². The van der Waals surface area contributed by atoms with Gasteiger partial charge in [-0.15, -0.1) is 0 Å². The highest BCUT2D eigenvalue weighted by atomic mass is 16.5. The number of ether oxygens (including phenoxy) is 2. The Hall–Kier alpha value is -3.39. The number of likely N-dealkylation sites (tertiary alicyclic amines) is 1. The first-order chi connectivity index (χ1) is 18.5. The number of guanidine groups is 1. The van der Waals surface area contributed by atoms with Crippen LogP contribution in [-0.2, 0) is 0 Å². The highest BCUT2D eigenvalue weighted by Crippen LogP contribution is 2.44. The first kappa shape index (κ1) is 26.2. The number of aliphatic hydroxyl groups is 1. The lowest BCUT2D eigenvalue weighted by atomic mass is 9.74. The van der Waals surface area contributed by atoms with Crippen LogP contribution in [0.4, 0.5) is 0 Å². The van der Waals surface area contributed by atoms with Gasteiger partial charge in [-0.05, 0) is 61.9 Å². The van der Waals surface area contributed by atoms with Crippen LogP contribution in [0.2, 0.25) is 0 Å². The lowest BCUT2D eigenvalue weighted by Gasteiger charge is -2.37. The highest BCUT2D eigenvalue weighted by molar-refractivity contribution is 6.15. The van der Waals surface area contributed by atoms with Crippen molar-refractivity contribution >= 4 is 17.6 Å². The Kier molecular flexibility index (Phi) is 7.98. The number of amides is 1. The molecule has 1 saturated heterocycles. The van der Waals surface area contributed by atoms with Gasteiger partial charge in [0.1, 0.15) is 0 Å². The van der Waals surface area contributed by atoms with Crippen LogP contribution in [0.1, 0.15) is 84.3 Å². The number of carbonyl (C=O) groups is 1. The van der Waals surface area contributed by atoms with E-state index < -0.39 is 0 Å². The van der Waals surface area contributed by atoms with E-state index in [0.29, 0.717) is 29.4 Å². The van der Waals surface area contributed by atoms with E-state index in [1.807, 2.05) is 29.2 Å². The summed E-state index contributed by atoms with van der Waals surface area (Å²) >= 11 is 0. The lowest BCUT2D eigenvalue weighted by Crippen LogP contribution is -2.39. The Bertz CT molecular complexity index is 1220. The lowest BCUT2D eigenvalue weighted by molar-refractivity contribution is 0.100. The van der Waals surface area contributed by atoms with Gasteiger partial charge in [-0.3, -0.25) is 9.79 Å². The van der Waals surface area contributed by atoms with E-state index in [9.17, 15) is 9.90 Å². The third-order valence-corrected chi connectivity index (χ3v) is 8.09. The largest absolute Gasteiger partial charge is 0.493 e. The van der Waals surface area contributed by atoms with Crippen LogP contribution in [-0.4, -0.2) is 67.0 Å². The second-order valence-corrected chi connectivity index (χ2v) is 10.5. The minimum atomic E-state index is -0.338. The summed E-state index contributed by atoms with van der Waals surface area (Å²) in [5.74, 6) is 1.39. The first-order valence-corrected chi connectivity index (χ1v) is 13.7. The Balaban J connectivity index is 1.43.